The van der Waals surface area contributed by atoms with Gasteiger partial charge in [-0.15, -0.1) is 0 Å². The molecule has 0 saturated heterocycles. The van der Waals surface area contributed by atoms with Crippen LogP contribution in [-0.4, -0.2) is 33.6 Å². The van der Waals surface area contributed by atoms with Crippen molar-refractivity contribution in [1.82, 2.24) is 9.97 Å². The van der Waals surface area contributed by atoms with Gasteiger partial charge < -0.3 is 10.0 Å². The molecule has 94 valence electrons. The molecule has 0 aliphatic carbocycles. The molecule has 1 heterocycles. The zero-order valence-electron chi connectivity index (χ0n) is 10.7. The summed E-state index contributed by atoms with van der Waals surface area (Å²) in [6.07, 6.45) is 1.49. The fourth-order valence-electron chi connectivity index (χ4n) is 1.51. The normalized spacial score (nSPS) is 10.9. The van der Waals surface area contributed by atoms with Gasteiger partial charge in [0.1, 0.15) is 18.7 Å². The van der Waals surface area contributed by atoms with Crippen LogP contribution < -0.4 is 4.90 Å². The van der Waals surface area contributed by atoms with E-state index in [9.17, 15) is 4.79 Å². The number of carboxylic acids is 1. The van der Waals surface area contributed by atoms with Crippen molar-refractivity contribution in [3.63, 3.8) is 0 Å². The SMILES string of the molecule is CC(C)c1cc(N(CC(=O)O)C(C)C)ncn1. The van der Waals surface area contributed by atoms with Gasteiger partial charge in [0, 0.05) is 17.8 Å². The monoisotopic (exact) mass is 237 g/mol. The molecule has 1 aromatic heterocycles. The van der Waals surface area contributed by atoms with Gasteiger partial charge in [0.2, 0.25) is 0 Å². The first-order valence-corrected chi connectivity index (χ1v) is 5.72. The zero-order chi connectivity index (χ0) is 13.0. The predicted molar refractivity (Wildman–Crippen MR) is 66.2 cm³/mol. The second-order valence-electron chi connectivity index (χ2n) is 4.57. The summed E-state index contributed by atoms with van der Waals surface area (Å²) in [7, 11) is 0. The Morgan fingerprint density at radius 1 is 1.35 bits per heavy atom. The predicted octanol–water partition coefficient (Wildman–Crippen LogP) is 1.90. The van der Waals surface area contributed by atoms with Crippen molar-refractivity contribution >= 4 is 11.8 Å². The van der Waals surface area contributed by atoms with Crippen LogP contribution in [-0.2, 0) is 4.79 Å². The van der Waals surface area contributed by atoms with Gasteiger partial charge in [0.05, 0.1) is 0 Å². The topological polar surface area (TPSA) is 66.3 Å². The maximum absolute atomic E-state index is 10.8. The molecule has 1 rings (SSSR count). The number of carbonyl (C=O) groups is 1. The lowest BCUT2D eigenvalue weighted by Crippen LogP contribution is -2.36. The first-order chi connectivity index (χ1) is 7.91. The summed E-state index contributed by atoms with van der Waals surface area (Å²) in [6, 6.07) is 1.94. The lowest BCUT2D eigenvalue weighted by molar-refractivity contribution is -0.135. The third kappa shape index (κ3) is 3.69. The number of hydrogen-bond acceptors (Lipinski definition) is 4. The van der Waals surface area contributed by atoms with Crippen LogP contribution in [0.4, 0.5) is 5.82 Å². The highest BCUT2D eigenvalue weighted by atomic mass is 16.4. The van der Waals surface area contributed by atoms with E-state index < -0.39 is 5.97 Å². The molecule has 0 radical (unpaired) electrons. The molecule has 0 saturated carbocycles. The molecule has 0 aliphatic heterocycles. The smallest absolute Gasteiger partial charge is 0.323 e. The summed E-state index contributed by atoms with van der Waals surface area (Å²) in [5.41, 5.74) is 0.922. The summed E-state index contributed by atoms with van der Waals surface area (Å²) in [5, 5.41) is 8.89. The number of carboxylic acid groups (broad SMARTS) is 1. The molecule has 5 nitrogen and oxygen atoms in total. The van der Waals surface area contributed by atoms with Crippen molar-refractivity contribution in [3.05, 3.63) is 18.1 Å². The molecule has 0 aliphatic rings. The Labute approximate surface area is 102 Å². The van der Waals surface area contributed by atoms with Crippen LogP contribution >= 0.6 is 0 Å². The summed E-state index contributed by atoms with van der Waals surface area (Å²) in [5.74, 6) is 0.111. The lowest BCUT2D eigenvalue weighted by Gasteiger charge is -2.26. The molecule has 0 amide bonds. The van der Waals surface area contributed by atoms with Gasteiger partial charge in [-0.25, -0.2) is 9.97 Å². The van der Waals surface area contributed by atoms with E-state index in [0.717, 1.165) is 5.69 Å². The third-order valence-corrected chi connectivity index (χ3v) is 2.49. The van der Waals surface area contributed by atoms with Crippen LogP contribution in [0.3, 0.4) is 0 Å². The average molecular weight is 237 g/mol. The number of aromatic nitrogens is 2. The highest BCUT2D eigenvalue weighted by molar-refractivity contribution is 5.73. The van der Waals surface area contributed by atoms with Crippen molar-refractivity contribution in [3.8, 4) is 0 Å². The Balaban J connectivity index is 3.01. The molecule has 0 spiro atoms. The minimum atomic E-state index is -0.858. The van der Waals surface area contributed by atoms with Crippen molar-refractivity contribution in [1.29, 1.82) is 0 Å². The Hall–Kier alpha value is -1.65. The van der Waals surface area contributed by atoms with Gasteiger partial charge in [-0.05, 0) is 19.8 Å². The van der Waals surface area contributed by atoms with Gasteiger partial charge >= 0.3 is 5.97 Å². The zero-order valence-corrected chi connectivity index (χ0v) is 10.7. The van der Waals surface area contributed by atoms with Crippen LogP contribution in [0.1, 0.15) is 39.3 Å². The van der Waals surface area contributed by atoms with Crippen molar-refractivity contribution in [2.24, 2.45) is 0 Å². The molecule has 0 bridgehead atoms. The second kappa shape index (κ2) is 5.61. The Kier molecular flexibility index (Phi) is 4.43. The van der Waals surface area contributed by atoms with Gasteiger partial charge in [-0.2, -0.15) is 0 Å². The van der Waals surface area contributed by atoms with Crippen molar-refractivity contribution in [2.75, 3.05) is 11.4 Å². The summed E-state index contributed by atoms with van der Waals surface area (Å²) in [6.45, 7) is 7.93. The number of hydrogen-bond donors (Lipinski definition) is 1. The number of rotatable bonds is 5. The molecule has 0 atom stereocenters. The Morgan fingerprint density at radius 3 is 2.47 bits per heavy atom. The quantitative estimate of drug-likeness (QED) is 0.847. The molecule has 0 fully saturated rings. The van der Waals surface area contributed by atoms with E-state index in [2.05, 4.69) is 9.97 Å². The first kappa shape index (κ1) is 13.4. The summed E-state index contributed by atoms with van der Waals surface area (Å²) >= 11 is 0. The first-order valence-electron chi connectivity index (χ1n) is 5.72. The largest absolute Gasteiger partial charge is 0.480 e. The molecular weight excluding hydrogens is 218 g/mol. The van der Waals surface area contributed by atoms with E-state index in [4.69, 9.17) is 5.11 Å². The second-order valence-corrected chi connectivity index (χ2v) is 4.57. The van der Waals surface area contributed by atoms with Gasteiger partial charge in [0.15, 0.2) is 0 Å². The Bertz CT molecular complexity index is 391. The van der Waals surface area contributed by atoms with Crippen LogP contribution in [0.5, 0.6) is 0 Å². The molecular formula is C12H19N3O2. The number of nitrogens with zero attached hydrogens (tertiary/aromatic N) is 3. The fourth-order valence-corrected chi connectivity index (χ4v) is 1.51. The summed E-state index contributed by atoms with van der Waals surface area (Å²) in [4.78, 5) is 20.9. The van der Waals surface area contributed by atoms with Gasteiger partial charge in [-0.3, -0.25) is 4.79 Å². The van der Waals surface area contributed by atoms with Crippen LogP contribution in [0.25, 0.3) is 0 Å². The maximum atomic E-state index is 10.8. The van der Waals surface area contributed by atoms with Crippen LogP contribution in [0.15, 0.2) is 12.4 Å². The van der Waals surface area contributed by atoms with Gasteiger partial charge in [0.25, 0.3) is 0 Å². The summed E-state index contributed by atoms with van der Waals surface area (Å²) < 4.78 is 0. The fraction of sp³-hybridized carbons (Fsp3) is 0.583. The number of anilines is 1. The van der Waals surface area contributed by atoms with Crippen molar-refractivity contribution in [2.45, 2.75) is 39.7 Å². The van der Waals surface area contributed by atoms with E-state index in [1.165, 1.54) is 6.33 Å². The lowest BCUT2D eigenvalue weighted by atomic mass is 10.1. The van der Waals surface area contributed by atoms with Crippen LogP contribution in [0, 0.1) is 0 Å². The molecule has 5 heteroatoms. The average Bonchev–Trinajstić information content (AvgIpc) is 2.25. The van der Waals surface area contributed by atoms with Crippen LogP contribution in [0.2, 0.25) is 0 Å². The van der Waals surface area contributed by atoms with E-state index in [-0.39, 0.29) is 12.6 Å². The van der Waals surface area contributed by atoms with E-state index in [0.29, 0.717) is 11.7 Å². The van der Waals surface area contributed by atoms with E-state index in [1.807, 2.05) is 33.8 Å². The minimum absolute atomic E-state index is 0.0494. The molecule has 0 unspecified atom stereocenters. The van der Waals surface area contributed by atoms with Gasteiger partial charge in [-0.1, -0.05) is 13.8 Å². The molecule has 17 heavy (non-hydrogen) atoms. The standard InChI is InChI=1S/C12H19N3O2/c1-8(2)10-5-11(14-7-13-10)15(9(3)4)6-12(16)17/h5,7-9H,6H2,1-4H3,(H,16,17). The highest BCUT2D eigenvalue weighted by Gasteiger charge is 2.16. The highest BCUT2D eigenvalue weighted by Crippen LogP contribution is 2.18. The molecule has 1 N–H and O–H groups in total. The molecule has 1 aromatic rings. The maximum Gasteiger partial charge on any atom is 0.323 e. The molecule has 0 aromatic carbocycles. The Morgan fingerprint density at radius 2 is 2.00 bits per heavy atom. The third-order valence-electron chi connectivity index (χ3n) is 2.49. The van der Waals surface area contributed by atoms with Crippen molar-refractivity contribution < 1.29 is 9.90 Å². The number of aliphatic carboxylic acids is 1. The minimum Gasteiger partial charge on any atom is -0.480 e. The van der Waals surface area contributed by atoms with E-state index in [1.54, 1.807) is 4.90 Å². The van der Waals surface area contributed by atoms with E-state index >= 15 is 0 Å².